The summed E-state index contributed by atoms with van der Waals surface area (Å²) in [7, 11) is 0. The average Bonchev–Trinajstić information content (AvgIpc) is 2.39. The lowest BCUT2D eigenvalue weighted by atomic mass is 9.95. The van der Waals surface area contributed by atoms with Gasteiger partial charge >= 0.3 is 0 Å². The molecule has 4 heteroatoms. The Bertz CT molecular complexity index is 708. The number of aryl methyl sites for hydroxylation is 1. The number of hydrogen-bond acceptors (Lipinski definition) is 3. The van der Waals surface area contributed by atoms with E-state index in [0.717, 1.165) is 11.1 Å². The zero-order valence-electron chi connectivity index (χ0n) is 11.2. The number of aromatic nitrogens is 2. The number of H-pyrrole nitrogens is 1. The molecule has 0 spiro atoms. The van der Waals surface area contributed by atoms with Crippen molar-refractivity contribution in [2.45, 2.75) is 26.7 Å². The molecule has 1 heterocycles. The highest BCUT2D eigenvalue weighted by atomic mass is 16.1. The third-order valence-corrected chi connectivity index (χ3v) is 3.11. The van der Waals surface area contributed by atoms with Crippen LogP contribution in [0.2, 0.25) is 0 Å². The first kappa shape index (κ1) is 13.0. The highest BCUT2D eigenvalue weighted by Crippen LogP contribution is 2.27. The van der Waals surface area contributed by atoms with Gasteiger partial charge in [0.2, 0.25) is 0 Å². The van der Waals surface area contributed by atoms with Crippen molar-refractivity contribution in [2.75, 3.05) is 0 Å². The van der Waals surface area contributed by atoms with Gasteiger partial charge in [0.05, 0.1) is 5.56 Å². The van der Waals surface area contributed by atoms with Crippen molar-refractivity contribution in [3.05, 3.63) is 51.3 Å². The van der Waals surface area contributed by atoms with E-state index in [1.807, 2.05) is 25.1 Å². The molecule has 19 heavy (non-hydrogen) atoms. The Kier molecular flexibility index (Phi) is 3.48. The largest absolute Gasteiger partial charge is 0.268 e. The van der Waals surface area contributed by atoms with Crippen LogP contribution in [0.15, 0.2) is 29.1 Å². The van der Waals surface area contributed by atoms with Crippen LogP contribution in [0.25, 0.3) is 11.3 Å². The SMILES string of the molecule is Cc1ccc(C(C)C)cc1-c1n[nH]c(=O)cc1C#N. The Hall–Kier alpha value is -2.41. The fourth-order valence-electron chi connectivity index (χ4n) is 1.95. The summed E-state index contributed by atoms with van der Waals surface area (Å²) in [5.74, 6) is 0.396. The number of nitrogens with one attached hydrogen (secondary N) is 1. The minimum absolute atomic E-state index is 0.299. The van der Waals surface area contributed by atoms with Crippen molar-refractivity contribution in [1.82, 2.24) is 10.2 Å². The Labute approximate surface area is 111 Å². The number of aromatic amines is 1. The van der Waals surface area contributed by atoms with Crippen LogP contribution in [0, 0.1) is 18.3 Å². The zero-order chi connectivity index (χ0) is 14.0. The van der Waals surface area contributed by atoms with Gasteiger partial charge in [-0.15, -0.1) is 0 Å². The van der Waals surface area contributed by atoms with E-state index in [1.165, 1.54) is 11.6 Å². The van der Waals surface area contributed by atoms with E-state index in [1.54, 1.807) is 0 Å². The Balaban J connectivity index is 2.68. The summed E-state index contributed by atoms with van der Waals surface area (Å²) in [6, 6.07) is 9.42. The summed E-state index contributed by atoms with van der Waals surface area (Å²) in [4.78, 5) is 11.2. The molecule has 0 radical (unpaired) electrons. The van der Waals surface area contributed by atoms with Gasteiger partial charge in [0.25, 0.3) is 5.56 Å². The van der Waals surface area contributed by atoms with Crippen molar-refractivity contribution >= 4 is 0 Å². The molecule has 2 aromatic rings. The molecule has 0 fully saturated rings. The van der Waals surface area contributed by atoms with Crippen molar-refractivity contribution in [2.24, 2.45) is 0 Å². The van der Waals surface area contributed by atoms with E-state index in [9.17, 15) is 4.79 Å². The molecule has 0 bridgehead atoms. The van der Waals surface area contributed by atoms with Crippen LogP contribution in [0.5, 0.6) is 0 Å². The van der Waals surface area contributed by atoms with Crippen LogP contribution in [0.3, 0.4) is 0 Å². The fourth-order valence-corrected chi connectivity index (χ4v) is 1.95. The van der Waals surface area contributed by atoms with Crippen molar-refractivity contribution in [3.63, 3.8) is 0 Å². The van der Waals surface area contributed by atoms with Crippen LogP contribution in [-0.4, -0.2) is 10.2 Å². The van der Waals surface area contributed by atoms with Gasteiger partial charge < -0.3 is 0 Å². The molecule has 1 N–H and O–H groups in total. The first-order chi connectivity index (χ1) is 9.02. The molecule has 1 aromatic carbocycles. The maximum absolute atomic E-state index is 11.2. The van der Waals surface area contributed by atoms with Gasteiger partial charge in [-0.3, -0.25) is 4.79 Å². The molecule has 1 aromatic heterocycles. The molecule has 0 aliphatic carbocycles. The lowest BCUT2D eigenvalue weighted by Crippen LogP contribution is -2.09. The topological polar surface area (TPSA) is 69.5 Å². The smallest absolute Gasteiger partial charge is 0.265 e. The third kappa shape index (κ3) is 2.55. The molecular weight excluding hydrogens is 238 g/mol. The van der Waals surface area contributed by atoms with Crippen LogP contribution in [-0.2, 0) is 0 Å². The molecule has 2 rings (SSSR count). The first-order valence-corrected chi connectivity index (χ1v) is 6.13. The second-order valence-corrected chi connectivity index (χ2v) is 4.84. The Morgan fingerprint density at radius 2 is 2.05 bits per heavy atom. The van der Waals surface area contributed by atoms with Crippen molar-refractivity contribution < 1.29 is 0 Å². The predicted octanol–water partition coefficient (Wildman–Crippen LogP) is 2.74. The molecule has 0 aliphatic heterocycles. The Morgan fingerprint density at radius 3 is 2.68 bits per heavy atom. The molecule has 0 unspecified atom stereocenters. The number of hydrogen-bond donors (Lipinski definition) is 1. The Morgan fingerprint density at radius 1 is 1.32 bits per heavy atom. The molecule has 0 saturated heterocycles. The van der Waals surface area contributed by atoms with Gasteiger partial charge in [-0.1, -0.05) is 26.0 Å². The highest BCUT2D eigenvalue weighted by Gasteiger charge is 2.12. The van der Waals surface area contributed by atoms with E-state index in [2.05, 4.69) is 30.1 Å². The second kappa shape index (κ2) is 5.07. The quantitative estimate of drug-likeness (QED) is 0.894. The summed E-state index contributed by atoms with van der Waals surface area (Å²) >= 11 is 0. The van der Waals surface area contributed by atoms with Gasteiger partial charge in [-0.25, -0.2) is 5.10 Å². The summed E-state index contributed by atoms with van der Waals surface area (Å²) in [6.07, 6.45) is 0. The molecular formula is C15H15N3O. The number of benzene rings is 1. The maximum Gasteiger partial charge on any atom is 0.265 e. The summed E-state index contributed by atoms with van der Waals surface area (Å²) < 4.78 is 0. The van der Waals surface area contributed by atoms with Crippen LogP contribution >= 0.6 is 0 Å². The lowest BCUT2D eigenvalue weighted by Gasteiger charge is -2.11. The number of nitriles is 1. The van der Waals surface area contributed by atoms with Gasteiger partial charge in [0.1, 0.15) is 11.8 Å². The molecule has 96 valence electrons. The summed E-state index contributed by atoms with van der Waals surface area (Å²) in [5.41, 5.74) is 3.56. The van der Waals surface area contributed by atoms with E-state index in [4.69, 9.17) is 5.26 Å². The standard InChI is InChI=1S/C15H15N3O/c1-9(2)11-5-4-10(3)13(6-11)15-12(8-16)7-14(19)17-18-15/h4-7,9H,1-3H3,(H,17,19). The highest BCUT2D eigenvalue weighted by molar-refractivity contribution is 5.69. The molecule has 0 atom stereocenters. The van der Waals surface area contributed by atoms with Gasteiger partial charge in [-0.2, -0.15) is 10.4 Å². The van der Waals surface area contributed by atoms with E-state index < -0.39 is 0 Å². The zero-order valence-corrected chi connectivity index (χ0v) is 11.2. The molecule has 0 saturated carbocycles. The van der Waals surface area contributed by atoms with Crippen LogP contribution in [0.1, 0.15) is 36.5 Å². The van der Waals surface area contributed by atoms with Gasteiger partial charge in [0.15, 0.2) is 0 Å². The average molecular weight is 253 g/mol. The molecule has 0 aliphatic rings. The second-order valence-electron chi connectivity index (χ2n) is 4.84. The number of rotatable bonds is 2. The van der Waals surface area contributed by atoms with E-state index in [0.29, 0.717) is 17.2 Å². The fraction of sp³-hybridized carbons (Fsp3) is 0.267. The van der Waals surface area contributed by atoms with Crippen LogP contribution in [0.4, 0.5) is 0 Å². The van der Waals surface area contributed by atoms with E-state index in [-0.39, 0.29) is 5.56 Å². The number of nitrogens with zero attached hydrogens (tertiary/aromatic N) is 2. The minimum atomic E-state index is -0.363. The summed E-state index contributed by atoms with van der Waals surface area (Å²) in [5, 5.41) is 15.5. The molecule has 0 amide bonds. The minimum Gasteiger partial charge on any atom is -0.268 e. The third-order valence-electron chi connectivity index (χ3n) is 3.11. The lowest BCUT2D eigenvalue weighted by molar-refractivity contribution is 0.865. The van der Waals surface area contributed by atoms with Crippen LogP contribution < -0.4 is 5.56 Å². The van der Waals surface area contributed by atoms with Crippen molar-refractivity contribution in [1.29, 1.82) is 5.26 Å². The first-order valence-electron chi connectivity index (χ1n) is 6.13. The predicted molar refractivity (Wildman–Crippen MR) is 73.8 cm³/mol. The maximum atomic E-state index is 11.2. The normalized spacial score (nSPS) is 10.5. The van der Waals surface area contributed by atoms with Crippen molar-refractivity contribution in [3.8, 4) is 17.3 Å². The van der Waals surface area contributed by atoms with E-state index >= 15 is 0 Å². The molecule has 4 nitrogen and oxygen atoms in total. The van der Waals surface area contributed by atoms with Gasteiger partial charge in [0, 0.05) is 11.6 Å². The van der Waals surface area contributed by atoms with Gasteiger partial charge in [-0.05, 0) is 30.0 Å². The monoisotopic (exact) mass is 253 g/mol. The summed E-state index contributed by atoms with van der Waals surface area (Å²) in [6.45, 7) is 6.19.